The van der Waals surface area contributed by atoms with Crippen molar-refractivity contribution in [2.75, 3.05) is 13.1 Å². The van der Waals surface area contributed by atoms with Crippen molar-refractivity contribution in [1.82, 2.24) is 15.0 Å². The van der Waals surface area contributed by atoms with Gasteiger partial charge in [0.2, 0.25) is 11.7 Å². The summed E-state index contributed by atoms with van der Waals surface area (Å²) in [5, 5.41) is 12.9. The molecule has 2 rings (SSSR count). The van der Waals surface area contributed by atoms with Crippen molar-refractivity contribution in [2.24, 2.45) is 0 Å². The van der Waals surface area contributed by atoms with E-state index in [0.717, 1.165) is 6.42 Å². The molecule has 6 nitrogen and oxygen atoms in total. The van der Waals surface area contributed by atoms with Gasteiger partial charge in [0.1, 0.15) is 5.82 Å². The predicted octanol–water partition coefficient (Wildman–Crippen LogP) is 3.04. The largest absolute Gasteiger partial charge is 0.480 e. The molecule has 1 aromatic carbocycles. The summed E-state index contributed by atoms with van der Waals surface area (Å²) in [6, 6.07) is 4.28. The van der Waals surface area contributed by atoms with Crippen LogP contribution in [0, 0.1) is 12.7 Å². The smallest absolute Gasteiger partial charge is 0.317 e. The van der Waals surface area contributed by atoms with Crippen molar-refractivity contribution >= 4 is 5.97 Å². The summed E-state index contributed by atoms with van der Waals surface area (Å²) in [5.74, 6) is -0.487. The van der Waals surface area contributed by atoms with E-state index >= 15 is 0 Å². The van der Waals surface area contributed by atoms with Gasteiger partial charge in [-0.25, -0.2) is 4.39 Å². The van der Waals surface area contributed by atoms with Gasteiger partial charge in [0.05, 0.1) is 12.6 Å². The Balaban J connectivity index is 2.22. The van der Waals surface area contributed by atoms with Crippen LogP contribution in [0.5, 0.6) is 0 Å². The topological polar surface area (TPSA) is 79.5 Å². The number of benzene rings is 1. The lowest BCUT2D eigenvalue weighted by atomic mass is 10.1. The highest BCUT2D eigenvalue weighted by atomic mass is 19.1. The minimum Gasteiger partial charge on any atom is -0.480 e. The molecule has 1 heterocycles. The first-order valence-electron chi connectivity index (χ1n) is 7.48. The first-order chi connectivity index (χ1) is 10.9. The van der Waals surface area contributed by atoms with Gasteiger partial charge in [-0.3, -0.25) is 9.69 Å². The standard InChI is InChI=1S/C16H20FN3O3/c1-4-7-20(9-14(21)22)11(3)16-18-15(19-23-16)12-5-6-13(17)10(2)8-12/h5-6,8,11H,4,7,9H2,1-3H3,(H,21,22). The average molecular weight is 321 g/mol. The molecule has 0 bridgehead atoms. The second-order valence-electron chi connectivity index (χ2n) is 5.46. The van der Waals surface area contributed by atoms with Gasteiger partial charge >= 0.3 is 5.97 Å². The number of carbonyl (C=O) groups is 1. The van der Waals surface area contributed by atoms with Gasteiger partial charge < -0.3 is 9.63 Å². The molecule has 2 aromatic rings. The van der Waals surface area contributed by atoms with E-state index in [-0.39, 0.29) is 18.4 Å². The van der Waals surface area contributed by atoms with E-state index in [2.05, 4.69) is 10.1 Å². The zero-order chi connectivity index (χ0) is 17.0. The van der Waals surface area contributed by atoms with Crippen LogP contribution in [0.1, 0.15) is 37.8 Å². The molecule has 0 fully saturated rings. The molecule has 1 unspecified atom stereocenters. The van der Waals surface area contributed by atoms with Gasteiger partial charge in [-0.15, -0.1) is 0 Å². The molecule has 0 spiro atoms. The number of hydrogen-bond donors (Lipinski definition) is 1. The van der Waals surface area contributed by atoms with Gasteiger partial charge in [-0.2, -0.15) is 4.98 Å². The number of aromatic nitrogens is 2. The molecule has 0 aliphatic rings. The van der Waals surface area contributed by atoms with Crippen LogP contribution in [0.25, 0.3) is 11.4 Å². The highest BCUT2D eigenvalue weighted by Gasteiger charge is 2.23. The Morgan fingerprint density at radius 1 is 1.48 bits per heavy atom. The summed E-state index contributed by atoms with van der Waals surface area (Å²) in [5.41, 5.74) is 1.16. The van der Waals surface area contributed by atoms with E-state index in [1.165, 1.54) is 6.07 Å². The minimum absolute atomic E-state index is 0.0949. The summed E-state index contributed by atoms with van der Waals surface area (Å²) in [4.78, 5) is 17.1. The highest BCUT2D eigenvalue weighted by Crippen LogP contribution is 2.23. The zero-order valence-electron chi connectivity index (χ0n) is 13.4. The molecule has 0 saturated carbocycles. The molecule has 0 aliphatic carbocycles. The van der Waals surface area contributed by atoms with Gasteiger partial charge in [0.25, 0.3) is 0 Å². The fraction of sp³-hybridized carbons (Fsp3) is 0.438. The number of rotatable bonds is 7. The Hall–Kier alpha value is -2.28. The number of aliphatic carboxylic acids is 1. The Kier molecular flexibility index (Phi) is 5.44. The fourth-order valence-electron chi connectivity index (χ4n) is 2.33. The second kappa shape index (κ2) is 7.32. The molecule has 23 heavy (non-hydrogen) atoms. The molecule has 1 N–H and O–H groups in total. The third-order valence-electron chi connectivity index (χ3n) is 3.61. The van der Waals surface area contributed by atoms with E-state index in [0.29, 0.717) is 29.4 Å². The Labute approximate surface area is 133 Å². The van der Waals surface area contributed by atoms with Crippen LogP contribution in [-0.2, 0) is 4.79 Å². The SMILES string of the molecule is CCCN(CC(=O)O)C(C)c1nc(-c2ccc(F)c(C)c2)no1. The lowest BCUT2D eigenvalue weighted by molar-refractivity contribution is -0.139. The molecule has 0 saturated heterocycles. The lowest BCUT2D eigenvalue weighted by Gasteiger charge is -2.23. The number of nitrogens with zero attached hydrogens (tertiary/aromatic N) is 3. The van der Waals surface area contributed by atoms with E-state index in [9.17, 15) is 9.18 Å². The normalized spacial score (nSPS) is 12.6. The Bertz CT molecular complexity index is 687. The maximum absolute atomic E-state index is 13.3. The third kappa shape index (κ3) is 4.13. The van der Waals surface area contributed by atoms with E-state index in [1.54, 1.807) is 24.0 Å². The monoisotopic (exact) mass is 321 g/mol. The number of carboxylic acids is 1. The van der Waals surface area contributed by atoms with Crippen molar-refractivity contribution in [1.29, 1.82) is 0 Å². The van der Waals surface area contributed by atoms with Crippen LogP contribution in [-0.4, -0.2) is 39.2 Å². The quantitative estimate of drug-likeness (QED) is 0.844. The number of aryl methyl sites for hydroxylation is 1. The summed E-state index contributed by atoms with van der Waals surface area (Å²) >= 11 is 0. The molecule has 1 atom stereocenters. The first-order valence-corrected chi connectivity index (χ1v) is 7.48. The molecular weight excluding hydrogens is 301 g/mol. The van der Waals surface area contributed by atoms with E-state index in [4.69, 9.17) is 9.63 Å². The predicted molar refractivity (Wildman–Crippen MR) is 82.3 cm³/mol. The maximum atomic E-state index is 13.3. The molecule has 0 radical (unpaired) electrons. The third-order valence-corrected chi connectivity index (χ3v) is 3.61. The van der Waals surface area contributed by atoms with Crippen molar-refractivity contribution in [3.05, 3.63) is 35.5 Å². The van der Waals surface area contributed by atoms with Crippen molar-refractivity contribution in [3.8, 4) is 11.4 Å². The van der Waals surface area contributed by atoms with E-state index < -0.39 is 5.97 Å². The molecule has 124 valence electrons. The average Bonchev–Trinajstić information content (AvgIpc) is 2.98. The summed E-state index contributed by atoms with van der Waals surface area (Å²) in [7, 11) is 0. The van der Waals surface area contributed by atoms with Gasteiger partial charge in [0, 0.05) is 5.56 Å². The molecule has 0 amide bonds. The number of carboxylic acid groups (broad SMARTS) is 1. The van der Waals surface area contributed by atoms with Crippen LogP contribution >= 0.6 is 0 Å². The fourth-order valence-corrected chi connectivity index (χ4v) is 2.33. The zero-order valence-corrected chi connectivity index (χ0v) is 13.4. The molecular formula is C16H20FN3O3. The Morgan fingerprint density at radius 2 is 2.22 bits per heavy atom. The maximum Gasteiger partial charge on any atom is 0.317 e. The van der Waals surface area contributed by atoms with Crippen LogP contribution in [0.3, 0.4) is 0 Å². The van der Waals surface area contributed by atoms with Crippen LogP contribution in [0.4, 0.5) is 4.39 Å². The molecule has 1 aromatic heterocycles. The number of halogens is 1. The van der Waals surface area contributed by atoms with Crippen LogP contribution in [0.2, 0.25) is 0 Å². The number of hydrogen-bond acceptors (Lipinski definition) is 5. The van der Waals surface area contributed by atoms with Crippen LogP contribution in [0.15, 0.2) is 22.7 Å². The lowest BCUT2D eigenvalue weighted by Crippen LogP contribution is -2.33. The van der Waals surface area contributed by atoms with Crippen LogP contribution < -0.4 is 0 Å². The second-order valence-corrected chi connectivity index (χ2v) is 5.46. The summed E-state index contributed by atoms with van der Waals surface area (Å²) in [6.07, 6.45) is 0.815. The van der Waals surface area contributed by atoms with Gasteiger partial charge in [-0.05, 0) is 50.6 Å². The van der Waals surface area contributed by atoms with Crippen molar-refractivity contribution in [2.45, 2.75) is 33.2 Å². The summed E-state index contributed by atoms with van der Waals surface area (Å²) in [6.45, 7) is 5.98. The minimum atomic E-state index is -0.904. The van der Waals surface area contributed by atoms with Gasteiger partial charge in [0.15, 0.2) is 0 Å². The van der Waals surface area contributed by atoms with Crippen molar-refractivity contribution < 1.29 is 18.8 Å². The molecule has 7 heteroatoms. The molecule has 0 aliphatic heterocycles. The van der Waals surface area contributed by atoms with Crippen molar-refractivity contribution in [3.63, 3.8) is 0 Å². The Morgan fingerprint density at radius 3 is 2.83 bits per heavy atom. The summed E-state index contributed by atoms with van der Waals surface area (Å²) < 4.78 is 18.6. The van der Waals surface area contributed by atoms with E-state index in [1.807, 2.05) is 13.8 Å². The first kappa shape index (κ1) is 17.1. The van der Waals surface area contributed by atoms with Gasteiger partial charge in [-0.1, -0.05) is 12.1 Å². The highest BCUT2D eigenvalue weighted by molar-refractivity contribution is 5.69.